The molecule has 0 saturated carbocycles. The number of carbonyl (C=O) groups is 1. The van der Waals surface area contributed by atoms with E-state index in [2.05, 4.69) is 12.0 Å². The zero-order valence-electron chi connectivity index (χ0n) is 16.0. The van der Waals surface area contributed by atoms with Crippen molar-refractivity contribution in [2.45, 2.75) is 13.3 Å². The smallest absolute Gasteiger partial charge is 0.258 e. The summed E-state index contributed by atoms with van der Waals surface area (Å²) in [6.07, 6.45) is 2.68. The molecule has 0 bridgehead atoms. The van der Waals surface area contributed by atoms with Crippen LogP contribution in [0.4, 0.5) is 0 Å². The number of nitrogens with one attached hydrogen (secondary N) is 1. The van der Waals surface area contributed by atoms with Gasteiger partial charge in [0.25, 0.3) is 5.91 Å². The zero-order valence-corrected chi connectivity index (χ0v) is 16.0. The molecule has 2 aromatic rings. The molecule has 7 nitrogen and oxygen atoms in total. The van der Waals surface area contributed by atoms with Crippen LogP contribution in [0.3, 0.4) is 0 Å². The number of hydrogen-bond acceptors (Lipinski definition) is 4. The van der Waals surface area contributed by atoms with E-state index in [4.69, 9.17) is 9.47 Å². The molecule has 27 heavy (non-hydrogen) atoms. The Kier molecular flexibility index (Phi) is 5.03. The number of likely N-dealkylation sites (N-methyl/N-ethyl adjacent to an activating group) is 1. The van der Waals surface area contributed by atoms with Crippen molar-refractivity contribution in [3.05, 3.63) is 30.0 Å². The van der Waals surface area contributed by atoms with Crippen LogP contribution >= 0.6 is 0 Å². The monoisotopic (exact) mass is 371 g/mol. The van der Waals surface area contributed by atoms with Crippen molar-refractivity contribution < 1.29 is 19.2 Å². The molecule has 2 aliphatic heterocycles. The first kappa shape index (κ1) is 17.9. The summed E-state index contributed by atoms with van der Waals surface area (Å²) in [6, 6.07) is 5.78. The van der Waals surface area contributed by atoms with E-state index in [1.54, 1.807) is 9.58 Å². The van der Waals surface area contributed by atoms with Crippen LogP contribution in [-0.4, -0.2) is 66.5 Å². The number of ether oxygens (including phenoxy) is 2. The van der Waals surface area contributed by atoms with E-state index < -0.39 is 0 Å². The van der Waals surface area contributed by atoms with E-state index in [0.29, 0.717) is 30.2 Å². The molecule has 1 amide bonds. The van der Waals surface area contributed by atoms with Crippen molar-refractivity contribution in [1.82, 2.24) is 14.7 Å². The third-order valence-corrected chi connectivity index (χ3v) is 5.34. The Hall–Kier alpha value is -2.54. The van der Waals surface area contributed by atoms with Gasteiger partial charge in [-0.1, -0.05) is 0 Å². The third-order valence-electron chi connectivity index (χ3n) is 5.34. The highest BCUT2D eigenvalue weighted by atomic mass is 16.5. The zero-order chi connectivity index (χ0) is 18.8. The quantitative estimate of drug-likeness (QED) is 0.859. The molecule has 3 heterocycles. The molecule has 0 aliphatic carbocycles. The standard InChI is InChI=1S/C20H26N4O3/c1-3-23-7-9-24(10-8-23)20(25)16-14-22(2)21-19(16)15-5-6-17-18(13-15)27-12-4-11-26-17/h5-6,13-14H,3-4,7-12H2,1-2H3/p+1. The maximum absolute atomic E-state index is 13.2. The largest absolute Gasteiger partial charge is 0.490 e. The first-order chi connectivity index (χ1) is 13.2. The number of fused-ring (bicyclic) bond motifs is 1. The number of rotatable bonds is 3. The van der Waals surface area contributed by atoms with Gasteiger partial charge >= 0.3 is 0 Å². The second-order valence-corrected chi connectivity index (χ2v) is 7.17. The summed E-state index contributed by atoms with van der Waals surface area (Å²) in [5.41, 5.74) is 2.22. The molecule has 0 atom stereocenters. The van der Waals surface area contributed by atoms with Gasteiger partial charge in [0.05, 0.1) is 51.5 Å². The second-order valence-electron chi connectivity index (χ2n) is 7.17. The lowest BCUT2D eigenvalue weighted by Gasteiger charge is -2.31. The molecule has 1 fully saturated rings. The molecule has 0 radical (unpaired) electrons. The van der Waals surface area contributed by atoms with Crippen LogP contribution in [0.25, 0.3) is 11.3 Å². The number of benzene rings is 1. The summed E-state index contributed by atoms with van der Waals surface area (Å²) in [7, 11) is 1.85. The third kappa shape index (κ3) is 3.64. The lowest BCUT2D eigenvalue weighted by molar-refractivity contribution is -0.902. The van der Waals surface area contributed by atoms with Gasteiger partial charge in [-0.2, -0.15) is 5.10 Å². The summed E-state index contributed by atoms with van der Waals surface area (Å²) in [4.78, 5) is 16.6. The van der Waals surface area contributed by atoms with Gasteiger partial charge in [0.1, 0.15) is 5.69 Å². The molecule has 4 rings (SSSR count). The summed E-state index contributed by atoms with van der Waals surface area (Å²) >= 11 is 0. The number of aromatic nitrogens is 2. The first-order valence-electron chi connectivity index (χ1n) is 9.72. The van der Waals surface area contributed by atoms with E-state index >= 15 is 0 Å². The fraction of sp³-hybridized carbons (Fsp3) is 0.500. The number of nitrogens with zero attached hydrogens (tertiary/aromatic N) is 3. The Balaban J connectivity index is 1.62. The van der Waals surface area contributed by atoms with Crippen LogP contribution in [-0.2, 0) is 7.05 Å². The lowest BCUT2D eigenvalue weighted by Crippen LogP contribution is -3.14. The molecule has 0 unspecified atom stereocenters. The lowest BCUT2D eigenvalue weighted by atomic mass is 10.1. The Labute approximate surface area is 159 Å². The Morgan fingerprint density at radius 2 is 1.93 bits per heavy atom. The van der Waals surface area contributed by atoms with Gasteiger partial charge in [0, 0.05) is 25.2 Å². The molecule has 1 aromatic carbocycles. The fourth-order valence-electron chi connectivity index (χ4n) is 3.72. The minimum absolute atomic E-state index is 0.0559. The van der Waals surface area contributed by atoms with Crippen LogP contribution in [0.15, 0.2) is 24.4 Å². The van der Waals surface area contributed by atoms with E-state index in [1.807, 2.05) is 36.3 Å². The van der Waals surface area contributed by atoms with Crippen LogP contribution in [0.2, 0.25) is 0 Å². The normalized spacial score (nSPS) is 17.6. The highest BCUT2D eigenvalue weighted by Crippen LogP contribution is 2.35. The Morgan fingerprint density at radius 3 is 2.67 bits per heavy atom. The molecule has 7 heteroatoms. The molecule has 1 saturated heterocycles. The summed E-state index contributed by atoms with van der Waals surface area (Å²) < 4.78 is 13.2. The van der Waals surface area contributed by atoms with Crippen LogP contribution in [0.5, 0.6) is 11.5 Å². The van der Waals surface area contributed by atoms with E-state index in [-0.39, 0.29) is 5.91 Å². The summed E-state index contributed by atoms with van der Waals surface area (Å²) in [5.74, 6) is 1.52. The van der Waals surface area contributed by atoms with Crippen molar-refractivity contribution in [3.8, 4) is 22.8 Å². The van der Waals surface area contributed by atoms with Crippen LogP contribution in [0, 0.1) is 0 Å². The minimum Gasteiger partial charge on any atom is -0.490 e. The van der Waals surface area contributed by atoms with Gasteiger partial charge in [-0.3, -0.25) is 9.48 Å². The molecular weight excluding hydrogens is 344 g/mol. The predicted octanol–water partition coefficient (Wildman–Crippen LogP) is 0.609. The van der Waals surface area contributed by atoms with Crippen molar-refractivity contribution in [2.75, 3.05) is 45.9 Å². The van der Waals surface area contributed by atoms with Gasteiger partial charge in [0.2, 0.25) is 0 Å². The summed E-state index contributed by atoms with van der Waals surface area (Å²) in [6.45, 7) is 8.17. The Morgan fingerprint density at radius 1 is 1.19 bits per heavy atom. The molecule has 1 N–H and O–H groups in total. The van der Waals surface area contributed by atoms with Gasteiger partial charge < -0.3 is 19.3 Å². The highest BCUT2D eigenvalue weighted by molar-refractivity contribution is 6.00. The average molecular weight is 371 g/mol. The Bertz CT molecular complexity index is 825. The van der Waals surface area contributed by atoms with Crippen molar-refractivity contribution in [3.63, 3.8) is 0 Å². The summed E-state index contributed by atoms with van der Waals surface area (Å²) in [5, 5.41) is 4.57. The second kappa shape index (κ2) is 7.60. The number of amides is 1. The maximum atomic E-state index is 13.2. The van der Waals surface area contributed by atoms with Gasteiger partial charge in [0.15, 0.2) is 11.5 Å². The SMILES string of the molecule is CC[NH+]1CCN(C(=O)c2cn(C)nc2-c2ccc3c(c2)OCCCO3)CC1. The number of piperazine rings is 1. The molecule has 1 aromatic heterocycles. The number of carbonyl (C=O) groups excluding carboxylic acids is 1. The van der Waals surface area contributed by atoms with E-state index in [1.165, 1.54) is 0 Å². The predicted molar refractivity (Wildman–Crippen MR) is 101 cm³/mol. The minimum atomic E-state index is 0.0559. The number of quaternary nitrogens is 1. The molecular formula is C20H27N4O3+. The molecule has 144 valence electrons. The average Bonchev–Trinajstić information content (AvgIpc) is 2.94. The van der Waals surface area contributed by atoms with Crippen LogP contribution < -0.4 is 14.4 Å². The number of hydrogen-bond donors (Lipinski definition) is 1. The molecule has 2 aliphatic rings. The van der Waals surface area contributed by atoms with Crippen molar-refractivity contribution in [1.29, 1.82) is 0 Å². The van der Waals surface area contributed by atoms with Gasteiger partial charge in [-0.15, -0.1) is 0 Å². The fourth-order valence-corrected chi connectivity index (χ4v) is 3.72. The molecule has 0 spiro atoms. The van der Waals surface area contributed by atoms with Gasteiger partial charge in [-0.05, 0) is 25.1 Å². The number of aryl methyl sites for hydroxylation is 1. The topological polar surface area (TPSA) is 61.0 Å². The highest BCUT2D eigenvalue weighted by Gasteiger charge is 2.27. The maximum Gasteiger partial charge on any atom is 0.258 e. The van der Waals surface area contributed by atoms with Crippen molar-refractivity contribution in [2.24, 2.45) is 7.05 Å². The van der Waals surface area contributed by atoms with Crippen molar-refractivity contribution >= 4 is 5.91 Å². The van der Waals surface area contributed by atoms with E-state index in [0.717, 1.165) is 50.5 Å². The van der Waals surface area contributed by atoms with E-state index in [9.17, 15) is 4.79 Å². The first-order valence-corrected chi connectivity index (χ1v) is 9.72. The van der Waals surface area contributed by atoms with Crippen LogP contribution in [0.1, 0.15) is 23.7 Å². The van der Waals surface area contributed by atoms with Gasteiger partial charge in [-0.25, -0.2) is 0 Å².